The molecule has 1 saturated carbocycles. The molecular weight excluding hydrogens is 272 g/mol. The Morgan fingerprint density at radius 1 is 1.50 bits per heavy atom. The summed E-state index contributed by atoms with van der Waals surface area (Å²) < 4.78 is 0. The highest BCUT2D eigenvalue weighted by molar-refractivity contribution is 5.92. The van der Waals surface area contributed by atoms with Crippen LogP contribution in [0.15, 0.2) is 24.3 Å². The van der Waals surface area contributed by atoms with Crippen LogP contribution < -0.4 is 0 Å². The van der Waals surface area contributed by atoms with Crippen molar-refractivity contribution in [1.29, 1.82) is 0 Å². The number of rotatable bonds is 4. The van der Waals surface area contributed by atoms with Crippen LogP contribution in [0.1, 0.15) is 66.7 Å². The van der Waals surface area contributed by atoms with Gasteiger partial charge in [-0.25, -0.2) is 0 Å². The van der Waals surface area contributed by atoms with Crippen molar-refractivity contribution >= 4 is 5.78 Å². The molecule has 0 radical (unpaired) electrons. The summed E-state index contributed by atoms with van der Waals surface area (Å²) in [7, 11) is 0. The Morgan fingerprint density at radius 3 is 2.73 bits per heavy atom. The summed E-state index contributed by atoms with van der Waals surface area (Å²) in [6.07, 6.45) is 8.17. The van der Waals surface area contributed by atoms with E-state index in [9.17, 15) is 9.90 Å². The van der Waals surface area contributed by atoms with E-state index in [-0.39, 0.29) is 16.6 Å². The predicted octanol–water partition coefficient (Wildman–Crippen LogP) is 4.68. The lowest BCUT2D eigenvalue weighted by Gasteiger charge is -2.58. The van der Waals surface area contributed by atoms with Crippen LogP contribution in [-0.2, 0) is 4.79 Å². The minimum Gasteiger partial charge on any atom is -0.386 e. The van der Waals surface area contributed by atoms with Crippen molar-refractivity contribution < 1.29 is 9.90 Å². The monoisotopic (exact) mass is 304 g/mol. The van der Waals surface area contributed by atoms with Crippen molar-refractivity contribution in [2.24, 2.45) is 22.7 Å². The molecule has 0 heterocycles. The van der Waals surface area contributed by atoms with Gasteiger partial charge in [-0.2, -0.15) is 0 Å². The molecule has 0 amide bonds. The maximum Gasteiger partial charge on any atom is 0.155 e. The Hall–Kier alpha value is -0.890. The number of aliphatic hydroxyl groups is 1. The first-order valence-corrected chi connectivity index (χ1v) is 8.63. The standard InChI is InChI=1S/C20H32O2/c1-7-18(4,22)10-11-20(6)14(2)8-9-19(5)15(3)12-16(21)13-17(19)20/h7,12,14,17,22H,1,8-11,13H2,2-6H3/t14-,17+,18+,19+,20+/m1/s1. The van der Waals surface area contributed by atoms with Gasteiger partial charge in [0.15, 0.2) is 5.78 Å². The van der Waals surface area contributed by atoms with Crippen molar-refractivity contribution in [2.75, 3.05) is 0 Å². The summed E-state index contributed by atoms with van der Waals surface area (Å²) in [6, 6.07) is 0. The molecule has 0 aliphatic heterocycles. The summed E-state index contributed by atoms with van der Waals surface area (Å²) in [4.78, 5) is 12.2. The van der Waals surface area contributed by atoms with E-state index in [0.717, 1.165) is 6.42 Å². The highest BCUT2D eigenvalue weighted by Crippen LogP contribution is 2.61. The first-order chi connectivity index (χ1) is 10.0. The third-order valence-electron chi connectivity index (χ3n) is 7.08. The fraction of sp³-hybridized carbons (Fsp3) is 0.750. The molecule has 0 unspecified atom stereocenters. The Balaban J connectivity index is 2.34. The second-order valence-electron chi connectivity index (χ2n) is 8.47. The van der Waals surface area contributed by atoms with Crippen molar-refractivity contribution in [1.82, 2.24) is 0 Å². The number of hydrogen-bond acceptors (Lipinski definition) is 2. The molecule has 0 aromatic carbocycles. The van der Waals surface area contributed by atoms with Crippen LogP contribution in [0.4, 0.5) is 0 Å². The molecule has 2 aliphatic carbocycles. The zero-order chi connectivity index (χ0) is 16.8. The van der Waals surface area contributed by atoms with E-state index < -0.39 is 5.60 Å². The van der Waals surface area contributed by atoms with Gasteiger partial charge in [-0.05, 0) is 68.3 Å². The highest BCUT2D eigenvalue weighted by atomic mass is 16.3. The largest absolute Gasteiger partial charge is 0.386 e. The van der Waals surface area contributed by atoms with Gasteiger partial charge in [0, 0.05) is 6.42 Å². The smallest absolute Gasteiger partial charge is 0.155 e. The second kappa shape index (κ2) is 5.63. The molecule has 1 N–H and O–H groups in total. The number of allylic oxidation sites excluding steroid dienone is 2. The van der Waals surface area contributed by atoms with Gasteiger partial charge in [0.2, 0.25) is 0 Å². The molecule has 1 fully saturated rings. The van der Waals surface area contributed by atoms with Crippen molar-refractivity contribution in [2.45, 2.75) is 72.3 Å². The summed E-state index contributed by atoms with van der Waals surface area (Å²) in [5, 5.41) is 10.3. The molecule has 2 heteroatoms. The van der Waals surface area contributed by atoms with Crippen molar-refractivity contribution in [3.63, 3.8) is 0 Å². The lowest BCUT2D eigenvalue weighted by molar-refractivity contribution is -0.124. The minimum absolute atomic E-state index is 0.0885. The zero-order valence-corrected chi connectivity index (χ0v) is 14.9. The fourth-order valence-corrected chi connectivity index (χ4v) is 4.73. The van der Waals surface area contributed by atoms with Crippen LogP contribution in [0, 0.1) is 22.7 Å². The number of carbonyl (C=O) groups is 1. The molecule has 0 saturated heterocycles. The molecule has 2 rings (SSSR count). The topological polar surface area (TPSA) is 37.3 Å². The zero-order valence-electron chi connectivity index (χ0n) is 14.9. The fourth-order valence-electron chi connectivity index (χ4n) is 4.73. The van der Waals surface area contributed by atoms with Crippen LogP contribution >= 0.6 is 0 Å². The molecular formula is C20H32O2. The maximum absolute atomic E-state index is 12.2. The summed E-state index contributed by atoms with van der Waals surface area (Å²) in [5.74, 6) is 1.22. The number of fused-ring (bicyclic) bond motifs is 1. The maximum atomic E-state index is 12.2. The Kier molecular flexibility index (Phi) is 4.47. The Bertz CT molecular complexity index is 502. The van der Waals surface area contributed by atoms with Gasteiger partial charge in [-0.15, -0.1) is 6.58 Å². The molecule has 124 valence electrons. The van der Waals surface area contributed by atoms with Crippen LogP contribution in [-0.4, -0.2) is 16.5 Å². The van der Waals surface area contributed by atoms with E-state index in [4.69, 9.17) is 0 Å². The van der Waals surface area contributed by atoms with Gasteiger partial charge in [-0.3, -0.25) is 4.79 Å². The van der Waals surface area contributed by atoms with Gasteiger partial charge in [-0.1, -0.05) is 32.4 Å². The molecule has 5 atom stereocenters. The van der Waals surface area contributed by atoms with Crippen LogP contribution in [0.25, 0.3) is 0 Å². The molecule has 2 nitrogen and oxygen atoms in total. The quantitative estimate of drug-likeness (QED) is 0.766. The van der Waals surface area contributed by atoms with E-state index in [1.165, 1.54) is 18.4 Å². The van der Waals surface area contributed by atoms with Gasteiger partial charge in [0.05, 0.1) is 5.60 Å². The molecule has 2 aliphatic rings. The van der Waals surface area contributed by atoms with Gasteiger partial charge >= 0.3 is 0 Å². The van der Waals surface area contributed by atoms with E-state index >= 15 is 0 Å². The Morgan fingerprint density at radius 2 is 2.14 bits per heavy atom. The molecule has 0 spiro atoms. The van der Waals surface area contributed by atoms with Crippen LogP contribution in [0.3, 0.4) is 0 Å². The van der Waals surface area contributed by atoms with Gasteiger partial charge < -0.3 is 5.11 Å². The number of hydrogen-bond donors (Lipinski definition) is 1. The van der Waals surface area contributed by atoms with Crippen molar-refractivity contribution in [3.05, 3.63) is 24.3 Å². The molecule has 0 bridgehead atoms. The van der Waals surface area contributed by atoms with E-state index in [0.29, 0.717) is 24.7 Å². The Labute approximate surface area is 135 Å². The number of carbonyl (C=O) groups excluding carboxylic acids is 1. The highest BCUT2D eigenvalue weighted by Gasteiger charge is 2.54. The lowest BCUT2D eigenvalue weighted by atomic mass is 9.46. The number of ketones is 1. The SMILES string of the molecule is C=C[C@](C)(O)CC[C@@]1(C)[C@H](C)CC[C@@]2(C)C(C)=CC(=O)C[C@H]12. The van der Waals surface area contributed by atoms with E-state index in [1.807, 2.05) is 13.0 Å². The first kappa shape index (κ1) is 17.5. The third kappa shape index (κ3) is 2.82. The predicted molar refractivity (Wildman–Crippen MR) is 91.5 cm³/mol. The van der Waals surface area contributed by atoms with Crippen LogP contribution in [0.5, 0.6) is 0 Å². The molecule has 0 aromatic heterocycles. The van der Waals surface area contributed by atoms with Gasteiger partial charge in [0.25, 0.3) is 0 Å². The molecule has 22 heavy (non-hydrogen) atoms. The normalized spacial score (nSPS) is 41.4. The first-order valence-electron chi connectivity index (χ1n) is 8.63. The van der Waals surface area contributed by atoms with Crippen LogP contribution in [0.2, 0.25) is 0 Å². The summed E-state index contributed by atoms with van der Waals surface area (Å²) in [5.41, 5.74) is 0.655. The third-order valence-corrected chi connectivity index (χ3v) is 7.08. The lowest BCUT2D eigenvalue weighted by Crippen LogP contribution is -2.51. The summed E-state index contributed by atoms with van der Waals surface area (Å²) in [6.45, 7) is 14.7. The average Bonchev–Trinajstić information content (AvgIpc) is 2.45. The van der Waals surface area contributed by atoms with E-state index in [2.05, 4.69) is 34.3 Å². The average molecular weight is 304 g/mol. The van der Waals surface area contributed by atoms with Gasteiger partial charge in [0.1, 0.15) is 0 Å². The second-order valence-corrected chi connectivity index (χ2v) is 8.47. The van der Waals surface area contributed by atoms with Crippen molar-refractivity contribution in [3.8, 4) is 0 Å². The molecule has 0 aromatic rings. The summed E-state index contributed by atoms with van der Waals surface area (Å²) >= 11 is 0. The van der Waals surface area contributed by atoms with E-state index in [1.54, 1.807) is 6.08 Å². The minimum atomic E-state index is -0.819.